The average Bonchev–Trinajstić information content (AvgIpc) is 3.67. The van der Waals surface area contributed by atoms with E-state index in [4.69, 9.17) is 30.1 Å². The molecule has 3 heterocycles. The lowest BCUT2D eigenvalue weighted by Crippen LogP contribution is -2.45. The van der Waals surface area contributed by atoms with Gasteiger partial charge in [0.1, 0.15) is 10.6 Å². The molecule has 196 valence electrons. The zero-order valence-electron chi connectivity index (χ0n) is 20.3. The number of nitrogens with two attached hydrogens (primary N) is 2. The van der Waals surface area contributed by atoms with Crippen LogP contribution in [0.1, 0.15) is 44.8 Å². The fraction of sp³-hybridized carbons (Fsp3) is 0.333. The summed E-state index contributed by atoms with van der Waals surface area (Å²) in [4.78, 5) is 40.5. The van der Waals surface area contributed by atoms with E-state index in [-0.39, 0.29) is 40.4 Å². The topological polar surface area (TPSA) is 172 Å². The fourth-order valence-electron chi connectivity index (χ4n) is 4.03. The Kier molecular flexibility index (Phi) is 7.94. The Morgan fingerprint density at radius 1 is 1.24 bits per heavy atom. The molecule has 2 unspecified atom stereocenters. The molecule has 12 nitrogen and oxygen atoms in total. The lowest BCUT2D eigenvalue weighted by molar-refractivity contribution is -0.123. The summed E-state index contributed by atoms with van der Waals surface area (Å²) in [6.45, 7) is 0.893. The molecule has 1 aromatic carbocycles. The van der Waals surface area contributed by atoms with Crippen molar-refractivity contribution in [1.82, 2.24) is 9.69 Å². The number of amides is 3. The van der Waals surface area contributed by atoms with Crippen molar-refractivity contribution in [3.63, 3.8) is 0 Å². The lowest BCUT2D eigenvalue weighted by Gasteiger charge is -2.30. The van der Waals surface area contributed by atoms with Crippen LogP contribution in [0.4, 0.5) is 11.4 Å². The average molecular weight is 530 g/mol. The number of nitrogens with one attached hydrogen (secondary N) is 1. The van der Waals surface area contributed by atoms with Crippen molar-refractivity contribution in [2.45, 2.75) is 25.0 Å². The summed E-state index contributed by atoms with van der Waals surface area (Å²) in [5, 5.41) is 2.87. The largest absolute Gasteiger partial charge is 0.493 e. The van der Waals surface area contributed by atoms with Crippen LogP contribution in [0.2, 0.25) is 0 Å². The molecule has 0 radical (unpaired) electrons. The minimum absolute atomic E-state index is 0.0629. The number of hydrogen-bond donors (Lipinski definition) is 3. The third-order valence-electron chi connectivity index (χ3n) is 5.87. The van der Waals surface area contributed by atoms with Crippen molar-refractivity contribution in [2.75, 3.05) is 38.0 Å². The molecule has 5 N–H and O–H groups in total. The molecule has 3 amide bonds. The Morgan fingerprint density at radius 3 is 2.62 bits per heavy atom. The van der Waals surface area contributed by atoms with Crippen LogP contribution in [-0.4, -0.2) is 55.6 Å². The van der Waals surface area contributed by atoms with Gasteiger partial charge >= 0.3 is 0 Å². The first-order valence-electron chi connectivity index (χ1n) is 11.4. The van der Waals surface area contributed by atoms with Gasteiger partial charge in [-0.2, -0.15) is 4.37 Å². The van der Waals surface area contributed by atoms with Crippen LogP contribution in [0.25, 0.3) is 0 Å². The number of ether oxygens (including phenoxy) is 3. The molecule has 1 aliphatic heterocycles. The van der Waals surface area contributed by atoms with Crippen LogP contribution in [0.5, 0.6) is 11.5 Å². The summed E-state index contributed by atoms with van der Waals surface area (Å²) in [5.74, 6) is -1.13. The van der Waals surface area contributed by atoms with Crippen LogP contribution < -0.4 is 31.2 Å². The van der Waals surface area contributed by atoms with E-state index >= 15 is 0 Å². The maximum atomic E-state index is 14.0. The summed E-state index contributed by atoms with van der Waals surface area (Å²) in [6, 6.07) is 6.69. The number of rotatable bonds is 10. The van der Waals surface area contributed by atoms with Gasteiger partial charge in [0, 0.05) is 24.9 Å². The van der Waals surface area contributed by atoms with Gasteiger partial charge in [-0.15, -0.1) is 0 Å². The lowest BCUT2D eigenvalue weighted by atomic mass is 10.1. The van der Waals surface area contributed by atoms with Crippen LogP contribution in [0, 0.1) is 0 Å². The molecule has 0 aliphatic carbocycles. The Labute approximate surface area is 216 Å². The summed E-state index contributed by atoms with van der Waals surface area (Å²) >= 11 is 0.708. The van der Waals surface area contributed by atoms with Gasteiger partial charge in [0.05, 0.1) is 32.3 Å². The second kappa shape index (κ2) is 11.3. The molecule has 0 saturated carbocycles. The summed E-state index contributed by atoms with van der Waals surface area (Å²) < 4.78 is 25.9. The summed E-state index contributed by atoms with van der Waals surface area (Å²) in [6.07, 6.45) is 3.00. The standard InChI is InChI=1S/C24H27N5O7S/c1-33-15-8-7-13(11-17(15)34-2)29(24(32)21-18(25)19(22(26)30)28-37-21)20(16-6-4-10-36-16)23(31)27-12-14-5-3-9-35-14/h4,6-8,10-11,14,20H,3,5,9,12,25H2,1-2H3,(H2,26,30)(H,27,31). The Morgan fingerprint density at radius 2 is 2.03 bits per heavy atom. The van der Waals surface area contributed by atoms with Crippen molar-refractivity contribution < 1.29 is 33.0 Å². The highest BCUT2D eigenvalue weighted by atomic mass is 32.1. The van der Waals surface area contributed by atoms with Gasteiger partial charge in [0.25, 0.3) is 17.7 Å². The molecule has 1 saturated heterocycles. The second-order valence-electron chi connectivity index (χ2n) is 8.15. The van der Waals surface area contributed by atoms with E-state index in [2.05, 4.69) is 9.69 Å². The van der Waals surface area contributed by atoms with Crippen molar-refractivity contribution in [3.8, 4) is 11.5 Å². The number of carbonyl (C=O) groups excluding carboxylic acids is 3. The first-order valence-corrected chi connectivity index (χ1v) is 12.2. The van der Waals surface area contributed by atoms with Crippen LogP contribution >= 0.6 is 11.5 Å². The normalized spacial score (nSPS) is 15.7. The second-order valence-corrected chi connectivity index (χ2v) is 8.92. The maximum Gasteiger partial charge on any atom is 0.273 e. The number of nitrogen functional groups attached to an aromatic ring is 1. The number of carbonyl (C=O) groups is 3. The monoisotopic (exact) mass is 529 g/mol. The summed E-state index contributed by atoms with van der Waals surface area (Å²) in [5.41, 5.74) is 11.3. The van der Waals surface area contributed by atoms with Gasteiger partial charge in [0.2, 0.25) is 0 Å². The predicted molar refractivity (Wildman–Crippen MR) is 135 cm³/mol. The van der Waals surface area contributed by atoms with Gasteiger partial charge in [-0.3, -0.25) is 19.3 Å². The minimum atomic E-state index is -1.25. The number of methoxy groups -OCH3 is 2. The molecule has 2 atom stereocenters. The highest BCUT2D eigenvalue weighted by Gasteiger charge is 2.38. The SMILES string of the molecule is COc1ccc(N(C(=O)c2snc(C(N)=O)c2N)C(C(=O)NCC2CCCO2)c2ccco2)cc1OC. The van der Waals surface area contributed by atoms with Crippen molar-refractivity contribution in [2.24, 2.45) is 5.73 Å². The van der Waals surface area contributed by atoms with E-state index in [1.165, 1.54) is 25.4 Å². The number of anilines is 2. The third kappa shape index (κ3) is 5.37. The molecular formula is C24H27N5O7S. The van der Waals surface area contributed by atoms with Crippen LogP contribution in [0.3, 0.4) is 0 Å². The number of nitrogens with zero attached hydrogens (tertiary/aromatic N) is 2. The highest BCUT2D eigenvalue weighted by Crippen LogP contribution is 2.38. The molecule has 0 bridgehead atoms. The smallest absolute Gasteiger partial charge is 0.273 e. The predicted octanol–water partition coefficient (Wildman–Crippen LogP) is 2.12. The molecule has 1 aliphatic rings. The molecule has 2 aromatic heterocycles. The first-order chi connectivity index (χ1) is 17.8. The third-order valence-corrected chi connectivity index (χ3v) is 6.72. The Bertz CT molecular complexity index is 1270. The number of primary amides is 1. The van der Waals surface area contributed by atoms with E-state index in [1.54, 1.807) is 30.3 Å². The Balaban J connectivity index is 1.81. The van der Waals surface area contributed by atoms with Gasteiger partial charge in [0.15, 0.2) is 23.2 Å². The number of benzene rings is 1. The van der Waals surface area contributed by atoms with Gasteiger partial charge in [-0.1, -0.05) is 0 Å². The Hall–Kier alpha value is -4.10. The van der Waals surface area contributed by atoms with E-state index in [1.807, 2.05) is 0 Å². The maximum absolute atomic E-state index is 14.0. The first kappa shape index (κ1) is 26.0. The quantitative estimate of drug-likeness (QED) is 0.355. The molecule has 3 aromatic rings. The van der Waals surface area contributed by atoms with Gasteiger partial charge in [-0.25, -0.2) is 0 Å². The number of hydrogen-bond acceptors (Lipinski definition) is 10. The van der Waals surface area contributed by atoms with Crippen molar-refractivity contribution in [1.29, 1.82) is 0 Å². The summed E-state index contributed by atoms with van der Waals surface area (Å²) in [7, 11) is 2.93. The molecule has 0 spiro atoms. The van der Waals surface area contributed by atoms with E-state index in [0.717, 1.165) is 12.8 Å². The van der Waals surface area contributed by atoms with Gasteiger partial charge in [-0.05, 0) is 48.6 Å². The zero-order chi connectivity index (χ0) is 26.5. The molecule has 37 heavy (non-hydrogen) atoms. The van der Waals surface area contributed by atoms with E-state index in [9.17, 15) is 14.4 Å². The zero-order valence-corrected chi connectivity index (χ0v) is 21.1. The fourth-order valence-corrected chi connectivity index (χ4v) is 4.78. The van der Waals surface area contributed by atoms with Gasteiger partial charge < -0.3 is 35.4 Å². The number of aromatic nitrogens is 1. The molecule has 4 rings (SSSR count). The van der Waals surface area contributed by atoms with E-state index < -0.39 is 23.8 Å². The van der Waals surface area contributed by atoms with E-state index in [0.29, 0.717) is 29.6 Å². The van der Waals surface area contributed by atoms with Crippen LogP contribution in [-0.2, 0) is 9.53 Å². The highest BCUT2D eigenvalue weighted by molar-refractivity contribution is 7.09. The number of furan rings is 1. The minimum Gasteiger partial charge on any atom is -0.493 e. The van der Waals surface area contributed by atoms with Crippen LogP contribution in [0.15, 0.2) is 41.0 Å². The molecular weight excluding hydrogens is 502 g/mol. The molecule has 13 heteroatoms. The van der Waals surface area contributed by atoms with Crippen molar-refractivity contribution >= 4 is 40.6 Å². The molecule has 1 fully saturated rings. The van der Waals surface area contributed by atoms with Crippen molar-refractivity contribution in [3.05, 3.63) is 52.9 Å².